The van der Waals surface area contributed by atoms with Gasteiger partial charge < -0.3 is 15.2 Å². The number of unbranched alkanes of at least 4 members (excludes halogenated alkanes) is 2. The molecule has 2 N–H and O–H groups in total. The summed E-state index contributed by atoms with van der Waals surface area (Å²) in [5, 5.41) is 2.05. The van der Waals surface area contributed by atoms with Gasteiger partial charge in [0.1, 0.15) is 11.5 Å². The minimum atomic E-state index is 0.638. The van der Waals surface area contributed by atoms with Crippen molar-refractivity contribution in [3.8, 4) is 11.5 Å². The van der Waals surface area contributed by atoms with Gasteiger partial charge in [0.15, 0.2) is 0 Å². The molecule has 0 amide bonds. The van der Waals surface area contributed by atoms with Gasteiger partial charge in [-0.3, -0.25) is 0 Å². The molecule has 0 radical (unpaired) electrons. The quantitative estimate of drug-likeness (QED) is 0.376. The van der Waals surface area contributed by atoms with Crippen molar-refractivity contribution in [3.63, 3.8) is 0 Å². The molecule has 0 aromatic heterocycles. The molecule has 3 nitrogen and oxygen atoms in total. The van der Waals surface area contributed by atoms with Crippen LogP contribution in [0.4, 0.5) is 5.69 Å². The summed E-state index contributed by atoms with van der Waals surface area (Å²) in [7, 11) is 0. The molecule has 0 aliphatic rings. The molecule has 0 heterocycles. The average Bonchev–Trinajstić information content (AvgIpc) is 2.58. The average molecular weight is 311 g/mol. The Morgan fingerprint density at radius 3 is 2.26 bits per heavy atom. The first-order chi connectivity index (χ1) is 11.3. The van der Waals surface area contributed by atoms with Crippen molar-refractivity contribution in [2.45, 2.75) is 25.7 Å². The zero-order valence-corrected chi connectivity index (χ0v) is 13.6. The van der Waals surface area contributed by atoms with Crippen molar-refractivity contribution in [1.82, 2.24) is 0 Å². The number of nitrogens with two attached hydrogens (primary N) is 1. The highest BCUT2D eigenvalue weighted by molar-refractivity contribution is 5.96. The van der Waals surface area contributed by atoms with Gasteiger partial charge in [0, 0.05) is 5.39 Å². The van der Waals surface area contributed by atoms with Crippen molar-refractivity contribution in [2.24, 2.45) is 0 Å². The van der Waals surface area contributed by atoms with Crippen LogP contribution in [0.15, 0.2) is 55.6 Å². The molecule has 0 bridgehead atoms. The Labute approximate surface area is 138 Å². The molecule has 122 valence electrons. The molecule has 0 unspecified atom stereocenters. The van der Waals surface area contributed by atoms with E-state index < -0.39 is 0 Å². The van der Waals surface area contributed by atoms with E-state index in [0.717, 1.165) is 48.0 Å². The maximum atomic E-state index is 6.26. The van der Waals surface area contributed by atoms with E-state index in [2.05, 4.69) is 13.2 Å². The summed E-state index contributed by atoms with van der Waals surface area (Å²) in [6.07, 6.45) is 7.59. The Kier molecular flexibility index (Phi) is 6.55. The second-order valence-corrected chi connectivity index (χ2v) is 5.42. The minimum Gasteiger partial charge on any atom is -0.494 e. The summed E-state index contributed by atoms with van der Waals surface area (Å²) >= 11 is 0. The molecule has 23 heavy (non-hydrogen) atoms. The van der Waals surface area contributed by atoms with Gasteiger partial charge in [-0.25, -0.2) is 0 Å². The lowest BCUT2D eigenvalue weighted by atomic mass is 10.1. The number of hydrogen-bond acceptors (Lipinski definition) is 3. The third-order valence-electron chi connectivity index (χ3n) is 3.63. The van der Waals surface area contributed by atoms with Gasteiger partial charge in [-0.15, -0.1) is 13.2 Å². The topological polar surface area (TPSA) is 44.5 Å². The zero-order valence-electron chi connectivity index (χ0n) is 13.6. The first-order valence-corrected chi connectivity index (χ1v) is 8.06. The number of anilines is 1. The summed E-state index contributed by atoms with van der Waals surface area (Å²) < 4.78 is 11.5. The number of ether oxygens (including phenoxy) is 2. The molecule has 2 aromatic rings. The number of hydrogen-bond donors (Lipinski definition) is 1. The first kappa shape index (κ1) is 16.9. The number of rotatable bonds is 10. The van der Waals surface area contributed by atoms with E-state index in [1.54, 1.807) is 0 Å². The number of nitrogen functional groups attached to an aromatic ring is 1. The lowest BCUT2D eigenvalue weighted by Gasteiger charge is -2.12. The van der Waals surface area contributed by atoms with Gasteiger partial charge in [-0.2, -0.15) is 0 Å². The lowest BCUT2D eigenvalue weighted by molar-refractivity contribution is 0.312. The third-order valence-corrected chi connectivity index (χ3v) is 3.63. The summed E-state index contributed by atoms with van der Waals surface area (Å²) in [4.78, 5) is 0. The summed E-state index contributed by atoms with van der Waals surface area (Å²) in [6.45, 7) is 8.74. The van der Waals surface area contributed by atoms with Gasteiger partial charge in [-0.05, 0) is 49.3 Å². The van der Waals surface area contributed by atoms with Crippen molar-refractivity contribution in [1.29, 1.82) is 0 Å². The highest BCUT2D eigenvalue weighted by atomic mass is 16.5. The van der Waals surface area contributed by atoms with E-state index in [1.807, 2.05) is 42.5 Å². The number of benzene rings is 2. The monoisotopic (exact) mass is 311 g/mol. The fourth-order valence-corrected chi connectivity index (χ4v) is 2.35. The molecule has 3 heteroatoms. The molecular formula is C20H25NO2. The van der Waals surface area contributed by atoms with Crippen molar-refractivity contribution in [2.75, 3.05) is 18.9 Å². The fraction of sp³-hybridized carbons (Fsp3) is 0.300. The van der Waals surface area contributed by atoms with E-state index in [9.17, 15) is 0 Å². The molecule has 0 aliphatic carbocycles. The molecule has 0 spiro atoms. The predicted molar refractivity (Wildman–Crippen MR) is 98.2 cm³/mol. The zero-order chi connectivity index (χ0) is 16.5. The summed E-state index contributed by atoms with van der Waals surface area (Å²) in [5.74, 6) is 1.56. The Bertz CT molecular complexity index is 659. The van der Waals surface area contributed by atoms with Gasteiger partial charge in [0.2, 0.25) is 0 Å². The third kappa shape index (κ3) is 4.78. The minimum absolute atomic E-state index is 0.638. The van der Waals surface area contributed by atoms with Gasteiger partial charge in [0.05, 0.1) is 18.9 Å². The van der Waals surface area contributed by atoms with Crippen molar-refractivity contribution >= 4 is 16.5 Å². The highest BCUT2D eigenvalue weighted by Gasteiger charge is 2.07. The van der Waals surface area contributed by atoms with Crippen LogP contribution in [-0.4, -0.2) is 13.2 Å². The standard InChI is InChI=1S/C20H25NO2/c1-3-5-7-13-22-17-11-9-16-10-12-19(20(21)18(16)15-17)23-14-8-6-4-2/h3-4,9-12,15H,1-2,5-8,13-14,21H2. The van der Waals surface area contributed by atoms with Crippen LogP contribution >= 0.6 is 0 Å². The maximum absolute atomic E-state index is 6.26. The summed E-state index contributed by atoms with van der Waals surface area (Å²) in [6, 6.07) is 9.93. The van der Waals surface area contributed by atoms with E-state index in [4.69, 9.17) is 15.2 Å². The van der Waals surface area contributed by atoms with Gasteiger partial charge in [-0.1, -0.05) is 24.3 Å². The molecule has 0 saturated carbocycles. The Balaban J connectivity index is 2.10. The number of fused-ring (bicyclic) bond motifs is 1. The van der Waals surface area contributed by atoms with Crippen LogP contribution in [0, 0.1) is 0 Å². The van der Waals surface area contributed by atoms with Crippen molar-refractivity contribution in [3.05, 3.63) is 55.6 Å². The summed E-state index contributed by atoms with van der Waals surface area (Å²) in [5.41, 5.74) is 6.93. The van der Waals surface area contributed by atoms with Crippen LogP contribution in [0.5, 0.6) is 11.5 Å². The van der Waals surface area contributed by atoms with Gasteiger partial charge >= 0.3 is 0 Å². The van der Waals surface area contributed by atoms with Crippen LogP contribution in [0.25, 0.3) is 10.8 Å². The molecule has 0 saturated heterocycles. The molecule has 0 atom stereocenters. The molecule has 0 aliphatic heterocycles. The van der Waals surface area contributed by atoms with Crippen LogP contribution < -0.4 is 15.2 Å². The molecule has 2 aromatic carbocycles. The van der Waals surface area contributed by atoms with E-state index in [1.165, 1.54) is 0 Å². The normalized spacial score (nSPS) is 10.4. The second-order valence-electron chi connectivity index (χ2n) is 5.42. The Hall–Kier alpha value is -2.42. The molecule has 0 fully saturated rings. The SMILES string of the molecule is C=CCCCOc1ccc2ccc(OCCCC=C)c(N)c2c1. The fourth-order valence-electron chi connectivity index (χ4n) is 2.35. The van der Waals surface area contributed by atoms with Crippen LogP contribution in [0.2, 0.25) is 0 Å². The first-order valence-electron chi connectivity index (χ1n) is 8.06. The highest BCUT2D eigenvalue weighted by Crippen LogP contribution is 2.33. The Morgan fingerprint density at radius 1 is 0.913 bits per heavy atom. The smallest absolute Gasteiger partial charge is 0.142 e. The van der Waals surface area contributed by atoms with E-state index in [-0.39, 0.29) is 0 Å². The van der Waals surface area contributed by atoms with Crippen LogP contribution in [-0.2, 0) is 0 Å². The largest absolute Gasteiger partial charge is 0.494 e. The lowest BCUT2D eigenvalue weighted by Crippen LogP contribution is -2.01. The Morgan fingerprint density at radius 2 is 1.57 bits per heavy atom. The molecular weight excluding hydrogens is 286 g/mol. The predicted octanol–water partition coefficient (Wildman–Crippen LogP) is 5.11. The van der Waals surface area contributed by atoms with Gasteiger partial charge in [0.25, 0.3) is 0 Å². The second kappa shape index (κ2) is 8.89. The molecule has 2 rings (SSSR count). The number of allylic oxidation sites excluding steroid dienone is 2. The van der Waals surface area contributed by atoms with Crippen molar-refractivity contribution < 1.29 is 9.47 Å². The maximum Gasteiger partial charge on any atom is 0.142 e. The van der Waals surface area contributed by atoms with E-state index >= 15 is 0 Å². The van der Waals surface area contributed by atoms with Crippen LogP contribution in [0.1, 0.15) is 25.7 Å². The van der Waals surface area contributed by atoms with Crippen LogP contribution in [0.3, 0.4) is 0 Å². The van der Waals surface area contributed by atoms with E-state index in [0.29, 0.717) is 18.9 Å².